The van der Waals surface area contributed by atoms with Crippen molar-refractivity contribution in [2.24, 2.45) is 0 Å². The number of hydrogen-bond acceptors (Lipinski definition) is 5. The molecule has 0 amide bonds. The normalized spacial score (nSPS) is 18.5. The highest BCUT2D eigenvalue weighted by Crippen LogP contribution is 2.38. The van der Waals surface area contributed by atoms with Crippen LogP contribution in [0.25, 0.3) is 22.4 Å². The van der Waals surface area contributed by atoms with Crippen LogP contribution in [0.4, 0.5) is 8.78 Å². The molecule has 0 unspecified atom stereocenters. The standard InChI is InChI=1S/C19H21F2N5O/c1-11-6-13(18(20)21)17(16(27)7-11)14-8-15-19(24-23-14)26(10-22-15)12-4-3-5-25(2)9-12/h6-8,10,12,18,27H,3-5,9H2,1-2H3/t12-/m1/s1. The molecular weight excluding hydrogens is 352 g/mol. The molecule has 3 heterocycles. The molecule has 2 aromatic heterocycles. The maximum atomic E-state index is 13.5. The zero-order valence-electron chi connectivity index (χ0n) is 15.2. The first-order chi connectivity index (χ1) is 12.9. The molecule has 27 heavy (non-hydrogen) atoms. The van der Waals surface area contributed by atoms with Crippen LogP contribution >= 0.6 is 0 Å². The van der Waals surface area contributed by atoms with E-state index in [9.17, 15) is 13.9 Å². The second-order valence-corrected chi connectivity index (χ2v) is 7.20. The Morgan fingerprint density at radius 1 is 1.22 bits per heavy atom. The van der Waals surface area contributed by atoms with Crippen molar-refractivity contribution in [1.82, 2.24) is 24.6 Å². The van der Waals surface area contributed by atoms with Crippen molar-refractivity contribution < 1.29 is 13.9 Å². The van der Waals surface area contributed by atoms with Gasteiger partial charge in [-0.15, -0.1) is 10.2 Å². The number of fused-ring (bicyclic) bond motifs is 1. The first-order valence-corrected chi connectivity index (χ1v) is 8.95. The van der Waals surface area contributed by atoms with Gasteiger partial charge in [0.05, 0.1) is 17.6 Å². The summed E-state index contributed by atoms with van der Waals surface area (Å²) in [5, 5.41) is 18.6. The summed E-state index contributed by atoms with van der Waals surface area (Å²) in [5.74, 6) is -0.229. The predicted molar refractivity (Wildman–Crippen MR) is 97.9 cm³/mol. The van der Waals surface area contributed by atoms with E-state index in [2.05, 4.69) is 27.1 Å². The van der Waals surface area contributed by atoms with Crippen LogP contribution in [0.2, 0.25) is 0 Å². The Kier molecular flexibility index (Phi) is 4.51. The van der Waals surface area contributed by atoms with Gasteiger partial charge in [0.15, 0.2) is 5.65 Å². The Morgan fingerprint density at radius 2 is 2.04 bits per heavy atom. The number of likely N-dealkylation sites (tertiary alicyclic amines) is 1. The minimum absolute atomic E-state index is 0.0111. The Bertz CT molecular complexity index is 988. The van der Waals surface area contributed by atoms with Gasteiger partial charge in [0.2, 0.25) is 0 Å². The van der Waals surface area contributed by atoms with Crippen molar-refractivity contribution in [3.05, 3.63) is 35.7 Å². The molecule has 4 rings (SSSR count). The Morgan fingerprint density at radius 3 is 2.78 bits per heavy atom. The fourth-order valence-electron chi connectivity index (χ4n) is 3.84. The summed E-state index contributed by atoms with van der Waals surface area (Å²) in [4.78, 5) is 6.66. The van der Waals surface area contributed by atoms with Gasteiger partial charge in [0.1, 0.15) is 11.3 Å². The number of benzene rings is 1. The van der Waals surface area contributed by atoms with Crippen LogP contribution in [0.15, 0.2) is 24.5 Å². The number of imidazole rings is 1. The maximum absolute atomic E-state index is 13.5. The van der Waals surface area contributed by atoms with Gasteiger partial charge >= 0.3 is 0 Å². The molecule has 1 fully saturated rings. The Hall–Kier alpha value is -2.61. The number of halogens is 2. The minimum Gasteiger partial charge on any atom is -0.507 e. The van der Waals surface area contributed by atoms with E-state index in [1.165, 1.54) is 12.1 Å². The van der Waals surface area contributed by atoms with Gasteiger partial charge in [0, 0.05) is 18.2 Å². The van der Waals surface area contributed by atoms with E-state index in [4.69, 9.17) is 0 Å². The summed E-state index contributed by atoms with van der Waals surface area (Å²) in [7, 11) is 2.08. The zero-order valence-corrected chi connectivity index (χ0v) is 15.2. The molecule has 1 aliphatic heterocycles. The highest BCUT2D eigenvalue weighted by molar-refractivity contribution is 5.79. The Labute approximate surface area is 155 Å². The topological polar surface area (TPSA) is 67.1 Å². The van der Waals surface area contributed by atoms with E-state index in [0.29, 0.717) is 16.7 Å². The summed E-state index contributed by atoms with van der Waals surface area (Å²) in [6.45, 7) is 3.64. The third-order valence-corrected chi connectivity index (χ3v) is 5.10. The van der Waals surface area contributed by atoms with E-state index in [1.807, 2.05) is 4.57 Å². The van der Waals surface area contributed by atoms with Gasteiger partial charge in [-0.05, 0) is 57.1 Å². The van der Waals surface area contributed by atoms with Gasteiger partial charge in [0.25, 0.3) is 6.43 Å². The molecular formula is C19H21F2N5O. The highest BCUT2D eigenvalue weighted by atomic mass is 19.3. The van der Waals surface area contributed by atoms with Gasteiger partial charge in [-0.1, -0.05) is 0 Å². The number of phenols is 1. The van der Waals surface area contributed by atoms with Crippen LogP contribution in [-0.4, -0.2) is 49.9 Å². The van der Waals surface area contributed by atoms with Crippen molar-refractivity contribution >= 4 is 11.2 Å². The molecule has 1 atom stereocenters. The quantitative estimate of drug-likeness (QED) is 0.758. The molecule has 6 nitrogen and oxygen atoms in total. The molecule has 142 valence electrons. The van der Waals surface area contributed by atoms with E-state index in [0.717, 1.165) is 25.9 Å². The number of nitrogens with zero attached hydrogens (tertiary/aromatic N) is 5. The van der Waals surface area contributed by atoms with E-state index < -0.39 is 6.43 Å². The minimum atomic E-state index is -2.72. The summed E-state index contributed by atoms with van der Waals surface area (Å²) in [6.07, 6.45) is 1.14. The molecule has 0 aliphatic carbocycles. The summed E-state index contributed by atoms with van der Waals surface area (Å²) in [6, 6.07) is 4.69. The number of hydrogen-bond donors (Lipinski definition) is 1. The largest absolute Gasteiger partial charge is 0.507 e. The predicted octanol–water partition coefficient (Wildman–Crippen LogP) is 3.71. The number of rotatable bonds is 3. The molecule has 1 aromatic carbocycles. The molecule has 1 N–H and O–H groups in total. The van der Waals surface area contributed by atoms with Gasteiger partial charge < -0.3 is 14.6 Å². The van der Waals surface area contributed by atoms with E-state index in [1.54, 1.807) is 19.3 Å². The number of phenolic OH excluding ortho intramolecular Hbond substituents is 1. The van der Waals surface area contributed by atoms with Gasteiger partial charge in [-0.3, -0.25) is 0 Å². The average molecular weight is 373 g/mol. The number of piperidine rings is 1. The molecule has 1 saturated heterocycles. The molecule has 3 aromatic rings. The van der Waals surface area contributed by atoms with Crippen LogP contribution in [0, 0.1) is 6.92 Å². The molecule has 0 bridgehead atoms. The van der Waals surface area contributed by atoms with Crippen molar-refractivity contribution in [1.29, 1.82) is 0 Å². The van der Waals surface area contributed by atoms with E-state index >= 15 is 0 Å². The summed E-state index contributed by atoms with van der Waals surface area (Å²) >= 11 is 0. The number of aromatic nitrogens is 4. The average Bonchev–Trinajstić information content (AvgIpc) is 3.04. The second-order valence-electron chi connectivity index (χ2n) is 7.20. The van der Waals surface area contributed by atoms with Crippen molar-refractivity contribution in [3.8, 4) is 17.0 Å². The lowest BCUT2D eigenvalue weighted by molar-refractivity contribution is 0.151. The molecule has 0 saturated carbocycles. The van der Waals surface area contributed by atoms with Crippen LogP contribution in [0.1, 0.15) is 36.4 Å². The van der Waals surface area contributed by atoms with Crippen LogP contribution in [0.3, 0.4) is 0 Å². The third kappa shape index (κ3) is 3.25. The SMILES string of the molecule is Cc1cc(O)c(-c2cc3ncn([C@@H]4CCCN(C)C4)c3nn2)c(C(F)F)c1. The second kappa shape index (κ2) is 6.84. The number of aryl methyl sites for hydroxylation is 1. The lowest BCUT2D eigenvalue weighted by atomic mass is 10.0. The molecule has 0 radical (unpaired) electrons. The number of alkyl halides is 2. The van der Waals surface area contributed by atoms with Crippen LogP contribution < -0.4 is 0 Å². The van der Waals surface area contributed by atoms with Crippen molar-refractivity contribution in [2.45, 2.75) is 32.2 Å². The smallest absolute Gasteiger partial charge is 0.264 e. The first-order valence-electron chi connectivity index (χ1n) is 8.95. The first kappa shape index (κ1) is 17.8. The summed E-state index contributed by atoms with van der Waals surface area (Å²) in [5.41, 5.74) is 1.72. The third-order valence-electron chi connectivity index (χ3n) is 5.10. The molecule has 1 aliphatic rings. The van der Waals surface area contributed by atoms with Crippen molar-refractivity contribution in [2.75, 3.05) is 20.1 Å². The lowest BCUT2D eigenvalue weighted by Crippen LogP contribution is -2.33. The monoisotopic (exact) mass is 373 g/mol. The van der Waals surface area contributed by atoms with Crippen LogP contribution in [0.5, 0.6) is 5.75 Å². The number of likely N-dealkylation sites (N-methyl/N-ethyl adjacent to an activating group) is 1. The number of aromatic hydroxyl groups is 1. The highest BCUT2D eigenvalue weighted by Gasteiger charge is 2.23. The molecule has 8 heteroatoms. The maximum Gasteiger partial charge on any atom is 0.264 e. The van der Waals surface area contributed by atoms with Crippen LogP contribution in [-0.2, 0) is 0 Å². The molecule has 0 spiro atoms. The lowest BCUT2D eigenvalue weighted by Gasteiger charge is -2.30. The Balaban J connectivity index is 1.78. The fraction of sp³-hybridized carbons (Fsp3) is 0.421. The summed E-state index contributed by atoms with van der Waals surface area (Å²) < 4.78 is 29.0. The van der Waals surface area contributed by atoms with E-state index in [-0.39, 0.29) is 28.6 Å². The fourth-order valence-corrected chi connectivity index (χ4v) is 3.84. The van der Waals surface area contributed by atoms with Gasteiger partial charge in [-0.25, -0.2) is 13.8 Å². The van der Waals surface area contributed by atoms with Gasteiger partial charge in [-0.2, -0.15) is 0 Å². The zero-order chi connectivity index (χ0) is 19.1. The van der Waals surface area contributed by atoms with Crippen molar-refractivity contribution in [3.63, 3.8) is 0 Å².